The minimum atomic E-state index is -4.47. The van der Waals surface area contributed by atoms with E-state index >= 15 is 0 Å². The van der Waals surface area contributed by atoms with Crippen molar-refractivity contribution in [2.24, 2.45) is 4.99 Å². The number of benzene rings is 2. The number of aromatic nitrogens is 3. The highest BCUT2D eigenvalue weighted by Gasteiger charge is 2.33. The van der Waals surface area contributed by atoms with Gasteiger partial charge >= 0.3 is 6.18 Å². The summed E-state index contributed by atoms with van der Waals surface area (Å²) in [5.74, 6) is 1.50. The average molecular weight is 398 g/mol. The van der Waals surface area contributed by atoms with Crippen LogP contribution in [0.15, 0.2) is 65.9 Å². The van der Waals surface area contributed by atoms with Crippen LogP contribution in [0.4, 0.5) is 13.2 Å². The van der Waals surface area contributed by atoms with E-state index in [2.05, 4.69) is 21.8 Å². The third-order valence-electron chi connectivity index (χ3n) is 4.49. The largest absolute Gasteiger partial charge is 0.491 e. The summed E-state index contributed by atoms with van der Waals surface area (Å²) in [4.78, 5) is 4.58. The van der Waals surface area contributed by atoms with Crippen molar-refractivity contribution in [2.75, 3.05) is 0 Å². The molecule has 1 aliphatic heterocycles. The van der Waals surface area contributed by atoms with Crippen molar-refractivity contribution in [3.05, 3.63) is 89.2 Å². The maximum atomic E-state index is 13.4. The Labute approximate surface area is 165 Å². The fourth-order valence-corrected chi connectivity index (χ4v) is 3.19. The molecule has 0 fully saturated rings. The molecule has 1 aliphatic rings. The third kappa shape index (κ3) is 3.65. The van der Waals surface area contributed by atoms with E-state index < -0.39 is 11.7 Å². The van der Waals surface area contributed by atoms with Crippen LogP contribution in [-0.4, -0.2) is 20.5 Å². The van der Waals surface area contributed by atoms with Crippen LogP contribution in [0.2, 0.25) is 0 Å². The molecule has 0 saturated heterocycles. The number of allylic oxidation sites excluding steroid dienone is 1. The maximum Gasteiger partial charge on any atom is 0.416 e. The zero-order valence-electron chi connectivity index (χ0n) is 15.6. The molecule has 4 rings (SSSR count). The molecule has 1 aromatic heterocycles. The monoisotopic (exact) mass is 398 g/mol. The normalized spacial score (nSPS) is 13.2. The van der Waals surface area contributed by atoms with Crippen LogP contribution in [0.1, 0.15) is 35.3 Å². The van der Waals surface area contributed by atoms with E-state index in [4.69, 9.17) is 4.74 Å². The molecule has 148 valence electrons. The smallest absolute Gasteiger partial charge is 0.416 e. The second kappa shape index (κ2) is 7.20. The standard InChI is InChI=1S/C21H17F3N4O/c1-13(2)29-12-19-27-26-18-11-25-20(14-6-4-3-5-7-14)16-10-15(21(22,23)24)8-9-17(16)28(18)19/h3-10H,1,11-12H2,2H3. The second-order valence-electron chi connectivity index (χ2n) is 6.62. The first-order chi connectivity index (χ1) is 13.8. The summed E-state index contributed by atoms with van der Waals surface area (Å²) >= 11 is 0. The van der Waals surface area contributed by atoms with Crippen LogP contribution in [0.25, 0.3) is 5.69 Å². The first kappa shape index (κ1) is 18.9. The SMILES string of the molecule is C=C(C)OCc1nnc2n1-c1ccc(C(F)(F)F)cc1C(c1ccccc1)=NC2. The van der Waals surface area contributed by atoms with Gasteiger partial charge in [0, 0.05) is 11.1 Å². The number of rotatable bonds is 4. The van der Waals surface area contributed by atoms with Gasteiger partial charge in [-0.3, -0.25) is 9.56 Å². The van der Waals surface area contributed by atoms with Gasteiger partial charge in [0.05, 0.1) is 22.7 Å². The van der Waals surface area contributed by atoms with Crippen molar-refractivity contribution in [3.63, 3.8) is 0 Å². The van der Waals surface area contributed by atoms with Gasteiger partial charge < -0.3 is 4.74 Å². The molecule has 0 spiro atoms. The Kier molecular flexibility index (Phi) is 4.70. The van der Waals surface area contributed by atoms with Crippen LogP contribution >= 0.6 is 0 Å². The topological polar surface area (TPSA) is 52.3 Å². The number of nitrogens with zero attached hydrogens (tertiary/aromatic N) is 4. The lowest BCUT2D eigenvalue weighted by Crippen LogP contribution is -2.13. The Balaban J connectivity index is 1.92. The van der Waals surface area contributed by atoms with Crippen LogP contribution in [0.3, 0.4) is 0 Å². The van der Waals surface area contributed by atoms with Gasteiger partial charge in [-0.1, -0.05) is 36.9 Å². The molecule has 0 atom stereocenters. The van der Waals surface area contributed by atoms with Crippen LogP contribution in [-0.2, 0) is 24.1 Å². The molecular formula is C21H17F3N4O. The number of halogens is 3. The summed E-state index contributed by atoms with van der Waals surface area (Å²) in [6.45, 7) is 5.68. The molecule has 0 bridgehead atoms. The lowest BCUT2D eigenvalue weighted by atomic mass is 9.98. The summed E-state index contributed by atoms with van der Waals surface area (Å²) < 4.78 is 47.4. The molecule has 0 amide bonds. The van der Waals surface area contributed by atoms with Crippen LogP contribution in [0, 0.1) is 0 Å². The highest BCUT2D eigenvalue weighted by molar-refractivity contribution is 6.15. The van der Waals surface area contributed by atoms with E-state index in [1.165, 1.54) is 6.07 Å². The number of hydrogen-bond acceptors (Lipinski definition) is 4. The quantitative estimate of drug-likeness (QED) is 0.600. The van der Waals surface area contributed by atoms with Crippen molar-refractivity contribution >= 4 is 5.71 Å². The minimum Gasteiger partial charge on any atom is -0.491 e. The summed E-state index contributed by atoms with van der Waals surface area (Å²) in [5, 5.41) is 8.30. The lowest BCUT2D eigenvalue weighted by Gasteiger charge is -2.16. The number of fused-ring (bicyclic) bond motifs is 3. The molecule has 0 radical (unpaired) electrons. The van der Waals surface area contributed by atoms with Gasteiger partial charge in [0.25, 0.3) is 0 Å². The van der Waals surface area contributed by atoms with E-state index in [0.717, 1.165) is 17.7 Å². The Hall–Kier alpha value is -3.42. The fraction of sp³-hybridized carbons (Fsp3) is 0.190. The third-order valence-corrected chi connectivity index (χ3v) is 4.49. The summed E-state index contributed by atoms with van der Waals surface area (Å²) in [6, 6.07) is 12.7. The lowest BCUT2D eigenvalue weighted by molar-refractivity contribution is -0.137. The number of alkyl halides is 3. The van der Waals surface area contributed by atoms with Gasteiger partial charge in [-0.15, -0.1) is 10.2 Å². The van der Waals surface area contributed by atoms with E-state index in [1.54, 1.807) is 11.5 Å². The second-order valence-corrected chi connectivity index (χ2v) is 6.62. The number of ether oxygens (including phenoxy) is 1. The van der Waals surface area contributed by atoms with Crippen molar-refractivity contribution in [3.8, 4) is 5.69 Å². The predicted molar refractivity (Wildman–Crippen MR) is 102 cm³/mol. The summed E-state index contributed by atoms with van der Waals surface area (Å²) in [6.07, 6.45) is -4.47. The zero-order chi connectivity index (χ0) is 20.6. The first-order valence-electron chi connectivity index (χ1n) is 8.88. The van der Waals surface area contributed by atoms with Crippen molar-refractivity contribution < 1.29 is 17.9 Å². The van der Waals surface area contributed by atoms with Gasteiger partial charge in [-0.2, -0.15) is 13.2 Å². The van der Waals surface area contributed by atoms with Crippen molar-refractivity contribution in [1.82, 2.24) is 14.8 Å². The zero-order valence-corrected chi connectivity index (χ0v) is 15.6. The molecule has 5 nitrogen and oxygen atoms in total. The van der Waals surface area contributed by atoms with E-state index in [1.807, 2.05) is 30.3 Å². The van der Waals surface area contributed by atoms with Crippen LogP contribution in [0.5, 0.6) is 0 Å². The van der Waals surface area contributed by atoms with E-state index in [9.17, 15) is 13.2 Å². The fourth-order valence-electron chi connectivity index (χ4n) is 3.19. The molecule has 0 aliphatic carbocycles. The molecule has 0 N–H and O–H groups in total. The summed E-state index contributed by atoms with van der Waals surface area (Å²) in [5.41, 5.74) is 1.35. The highest BCUT2D eigenvalue weighted by Crippen LogP contribution is 2.34. The first-order valence-corrected chi connectivity index (χ1v) is 8.88. The van der Waals surface area contributed by atoms with Gasteiger partial charge in [-0.05, 0) is 25.1 Å². The van der Waals surface area contributed by atoms with E-state index in [-0.39, 0.29) is 13.2 Å². The molecular weight excluding hydrogens is 381 g/mol. The van der Waals surface area contributed by atoms with E-state index in [0.29, 0.717) is 34.4 Å². The Morgan fingerprint density at radius 2 is 1.90 bits per heavy atom. The highest BCUT2D eigenvalue weighted by atomic mass is 19.4. The predicted octanol–water partition coefficient (Wildman–Crippen LogP) is 4.69. The van der Waals surface area contributed by atoms with Gasteiger partial charge in [0.2, 0.25) is 0 Å². The van der Waals surface area contributed by atoms with Crippen molar-refractivity contribution in [1.29, 1.82) is 0 Å². The van der Waals surface area contributed by atoms with Crippen LogP contribution < -0.4 is 0 Å². The molecule has 29 heavy (non-hydrogen) atoms. The Morgan fingerprint density at radius 3 is 2.59 bits per heavy atom. The van der Waals surface area contributed by atoms with Gasteiger partial charge in [-0.25, -0.2) is 0 Å². The van der Waals surface area contributed by atoms with Gasteiger partial charge in [0.15, 0.2) is 11.6 Å². The molecule has 0 unspecified atom stereocenters. The molecule has 8 heteroatoms. The maximum absolute atomic E-state index is 13.4. The Morgan fingerprint density at radius 1 is 1.14 bits per heavy atom. The Bertz CT molecular complexity index is 1100. The average Bonchev–Trinajstić information content (AvgIpc) is 3.01. The number of aliphatic imine (C=N–C) groups is 1. The minimum absolute atomic E-state index is 0.101. The molecule has 2 aromatic carbocycles. The van der Waals surface area contributed by atoms with Crippen molar-refractivity contribution in [2.45, 2.75) is 26.3 Å². The molecule has 3 aromatic rings. The molecule has 2 heterocycles. The molecule has 0 saturated carbocycles. The number of hydrogen-bond donors (Lipinski definition) is 0. The summed E-state index contributed by atoms with van der Waals surface area (Å²) in [7, 11) is 0. The van der Waals surface area contributed by atoms with Gasteiger partial charge in [0.1, 0.15) is 13.2 Å².